The van der Waals surface area contributed by atoms with E-state index in [1.807, 2.05) is 28.7 Å². The third-order valence-corrected chi connectivity index (χ3v) is 5.28. The molecule has 1 aromatic carbocycles. The van der Waals surface area contributed by atoms with Crippen molar-refractivity contribution in [3.8, 4) is 11.3 Å². The van der Waals surface area contributed by atoms with Crippen LogP contribution in [0, 0.1) is 0 Å². The van der Waals surface area contributed by atoms with Gasteiger partial charge in [-0.3, -0.25) is 9.20 Å². The topological polar surface area (TPSA) is 34.4 Å². The zero-order chi connectivity index (χ0) is 16.8. The predicted molar refractivity (Wildman–Crippen MR) is 97.0 cm³/mol. The van der Waals surface area contributed by atoms with Crippen LogP contribution in [0.15, 0.2) is 24.3 Å². The van der Waals surface area contributed by atoms with Crippen molar-refractivity contribution in [1.82, 2.24) is 9.38 Å². The minimum atomic E-state index is -0.175. The summed E-state index contributed by atoms with van der Waals surface area (Å²) in [5, 5.41) is 0.704. The average Bonchev–Trinajstić information content (AvgIpc) is 3.02. The SMILES string of the molecule is CCc1sc2nc(C(C)(C)C)c(C=O)n2c1-c1ccc(Cl)cc1. The Bertz CT molecular complexity index is 869. The van der Waals surface area contributed by atoms with E-state index in [-0.39, 0.29) is 5.41 Å². The molecule has 3 aromatic rings. The fraction of sp³-hybridized carbons (Fsp3) is 0.333. The quantitative estimate of drug-likeness (QED) is 0.596. The van der Waals surface area contributed by atoms with Crippen LogP contribution in [0.5, 0.6) is 0 Å². The Morgan fingerprint density at radius 1 is 1.26 bits per heavy atom. The van der Waals surface area contributed by atoms with Crippen molar-refractivity contribution >= 4 is 34.2 Å². The van der Waals surface area contributed by atoms with Crippen LogP contribution in [0.1, 0.15) is 48.8 Å². The Hall–Kier alpha value is -1.65. The van der Waals surface area contributed by atoms with Crippen molar-refractivity contribution in [2.24, 2.45) is 0 Å². The Labute approximate surface area is 144 Å². The Morgan fingerprint density at radius 2 is 1.91 bits per heavy atom. The van der Waals surface area contributed by atoms with Crippen molar-refractivity contribution in [3.63, 3.8) is 0 Å². The summed E-state index contributed by atoms with van der Waals surface area (Å²) < 4.78 is 2.00. The van der Waals surface area contributed by atoms with Gasteiger partial charge in [0.15, 0.2) is 11.2 Å². The molecule has 3 nitrogen and oxygen atoms in total. The van der Waals surface area contributed by atoms with Crippen LogP contribution in [0.2, 0.25) is 5.02 Å². The normalized spacial score (nSPS) is 12.0. The first-order valence-corrected chi connectivity index (χ1v) is 8.82. The van der Waals surface area contributed by atoms with Crippen LogP contribution < -0.4 is 0 Å². The van der Waals surface area contributed by atoms with Crippen LogP contribution in [-0.4, -0.2) is 15.7 Å². The number of hydrogen-bond acceptors (Lipinski definition) is 3. The van der Waals surface area contributed by atoms with Gasteiger partial charge >= 0.3 is 0 Å². The van der Waals surface area contributed by atoms with Crippen molar-refractivity contribution < 1.29 is 4.79 Å². The van der Waals surface area contributed by atoms with Crippen LogP contribution in [0.25, 0.3) is 16.2 Å². The lowest BCUT2D eigenvalue weighted by Gasteiger charge is -2.16. The standard InChI is InChI=1S/C18H19ClN2OS/c1-5-14-15(11-6-8-12(19)9-7-11)21-13(10-22)16(18(2,3)4)20-17(21)23-14/h6-10H,5H2,1-4H3. The summed E-state index contributed by atoms with van der Waals surface area (Å²) >= 11 is 7.66. The molecule has 0 saturated carbocycles. The number of benzene rings is 1. The largest absolute Gasteiger partial charge is 0.296 e. The van der Waals surface area contributed by atoms with Crippen LogP contribution in [0.3, 0.4) is 0 Å². The first-order chi connectivity index (χ1) is 10.9. The van der Waals surface area contributed by atoms with Crippen LogP contribution in [0.4, 0.5) is 0 Å². The molecule has 0 unspecified atom stereocenters. The zero-order valence-electron chi connectivity index (χ0n) is 13.7. The summed E-state index contributed by atoms with van der Waals surface area (Å²) in [4.78, 5) is 18.7. The second-order valence-electron chi connectivity index (χ2n) is 6.57. The lowest BCUT2D eigenvalue weighted by molar-refractivity contribution is 0.111. The smallest absolute Gasteiger partial charge is 0.195 e. The van der Waals surface area contributed by atoms with Gasteiger partial charge in [-0.1, -0.05) is 51.4 Å². The van der Waals surface area contributed by atoms with Crippen molar-refractivity contribution in [2.75, 3.05) is 0 Å². The van der Waals surface area contributed by atoms with E-state index < -0.39 is 0 Å². The molecule has 0 fully saturated rings. The van der Waals surface area contributed by atoms with Gasteiger partial charge in [-0.25, -0.2) is 4.98 Å². The maximum atomic E-state index is 11.8. The summed E-state index contributed by atoms with van der Waals surface area (Å²) in [7, 11) is 0. The van der Waals surface area contributed by atoms with E-state index in [0.29, 0.717) is 10.7 Å². The second kappa shape index (κ2) is 5.77. The fourth-order valence-electron chi connectivity index (χ4n) is 2.78. The number of nitrogens with zero attached hydrogens (tertiary/aromatic N) is 2. The summed E-state index contributed by atoms with van der Waals surface area (Å²) in [6.45, 7) is 8.36. The molecule has 0 amide bonds. The van der Waals surface area contributed by atoms with Crippen molar-refractivity contribution in [2.45, 2.75) is 39.5 Å². The fourth-order valence-corrected chi connectivity index (χ4v) is 3.99. The third-order valence-electron chi connectivity index (χ3n) is 3.85. The van der Waals surface area contributed by atoms with E-state index in [1.54, 1.807) is 11.3 Å². The van der Waals surface area contributed by atoms with Gasteiger partial charge < -0.3 is 0 Å². The number of fused-ring (bicyclic) bond motifs is 1. The molecule has 0 aliphatic carbocycles. The lowest BCUT2D eigenvalue weighted by atomic mass is 9.91. The molecular weight excluding hydrogens is 328 g/mol. The molecule has 0 N–H and O–H groups in total. The Morgan fingerprint density at radius 3 is 2.43 bits per heavy atom. The van der Waals surface area contributed by atoms with Gasteiger partial charge in [0.25, 0.3) is 0 Å². The molecule has 0 saturated heterocycles. The van der Waals surface area contributed by atoms with E-state index in [9.17, 15) is 4.79 Å². The van der Waals surface area contributed by atoms with Crippen molar-refractivity contribution in [1.29, 1.82) is 0 Å². The maximum Gasteiger partial charge on any atom is 0.195 e. The number of aromatic nitrogens is 2. The van der Waals surface area contributed by atoms with E-state index in [2.05, 4.69) is 27.7 Å². The number of carbonyl (C=O) groups is 1. The number of aryl methyl sites for hydroxylation is 1. The van der Waals surface area contributed by atoms with Gasteiger partial charge in [0.05, 0.1) is 11.4 Å². The van der Waals surface area contributed by atoms with Gasteiger partial charge in [-0.2, -0.15) is 0 Å². The highest BCUT2D eigenvalue weighted by Crippen LogP contribution is 2.36. The lowest BCUT2D eigenvalue weighted by Crippen LogP contribution is -2.15. The third kappa shape index (κ3) is 2.70. The van der Waals surface area contributed by atoms with Gasteiger partial charge in [-0.05, 0) is 24.1 Å². The van der Waals surface area contributed by atoms with Crippen LogP contribution >= 0.6 is 22.9 Å². The molecule has 0 atom stereocenters. The summed E-state index contributed by atoms with van der Waals surface area (Å²) in [6.07, 6.45) is 1.82. The van der Waals surface area contributed by atoms with Crippen LogP contribution in [-0.2, 0) is 11.8 Å². The van der Waals surface area contributed by atoms with E-state index in [4.69, 9.17) is 16.6 Å². The number of imidazole rings is 1. The molecule has 5 heteroatoms. The first-order valence-electron chi connectivity index (χ1n) is 7.62. The summed E-state index contributed by atoms with van der Waals surface area (Å²) in [5.41, 5.74) is 3.42. The van der Waals surface area contributed by atoms with E-state index in [0.717, 1.165) is 34.6 Å². The van der Waals surface area contributed by atoms with E-state index in [1.165, 1.54) is 4.88 Å². The molecule has 23 heavy (non-hydrogen) atoms. The first kappa shape index (κ1) is 16.2. The van der Waals surface area contributed by atoms with Gasteiger partial charge in [0.1, 0.15) is 5.69 Å². The highest BCUT2D eigenvalue weighted by molar-refractivity contribution is 7.17. The molecule has 3 rings (SSSR count). The number of halogens is 1. The molecule has 0 spiro atoms. The summed E-state index contributed by atoms with van der Waals surface area (Å²) in [6, 6.07) is 7.74. The number of rotatable bonds is 3. The molecule has 2 heterocycles. The number of aldehydes is 1. The van der Waals surface area contributed by atoms with Gasteiger partial charge in [-0.15, -0.1) is 11.3 Å². The second-order valence-corrected chi connectivity index (χ2v) is 8.06. The average molecular weight is 347 g/mol. The minimum Gasteiger partial charge on any atom is -0.296 e. The Kier molecular flexibility index (Phi) is 4.07. The Balaban J connectivity index is 2.37. The molecule has 0 aliphatic rings. The highest BCUT2D eigenvalue weighted by Gasteiger charge is 2.27. The molecule has 0 aliphatic heterocycles. The van der Waals surface area contributed by atoms with Gasteiger partial charge in [0, 0.05) is 15.3 Å². The number of hydrogen-bond donors (Lipinski definition) is 0. The molecular formula is C18H19ClN2OS. The zero-order valence-corrected chi connectivity index (χ0v) is 15.3. The summed E-state index contributed by atoms with van der Waals surface area (Å²) in [5.74, 6) is 0. The molecule has 0 radical (unpaired) electrons. The maximum absolute atomic E-state index is 11.8. The molecule has 2 aromatic heterocycles. The van der Waals surface area contributed by atoms with E-state index >= 15 is 0 Å². The number of carbonyl (C=O) groups excluding carboxylic acids is 1. The number of thiazole rings is 1. The van der Waals surface area contributed by atoms with Crippen molar-refractivity contribution in [3.05, 3.63) is 45.6 Å². The monoisotopic (exact) mass is 346 g/mol. The highest BCUT2D eigenvalue weighted by atomic mass is 35.5. The predicted octanol–water partition coefficient (Wildman–Crippen LogP) is 5.39. The molecule has 0 bridgehead atoms. The molecule has 120 valence electrons. The minimum absolute atomic E-state index is 0.175. The van der Waals surface area contributed by atoms with Gasteiger partial charge in [0.2, 0.25) is 0 Å².